The van der Waals surface area contributed by atoms with Gasteiger partial charge in [-0.15, -0.1) is 0 Å². The van der Waals surface area contributed by atoms with Crippen molar-refractivity contribution in [3.05, 3.63) is 23.8 Å². The smallest absolute Gasteiger partial charge is 0.382 e. The van der Waals surface area contributed by atoms with Crippen LogP contribution in [-0.4, -0.2) is 12.5 Å². The molecule has 2 N–H and O–H groups in total. The average molecular weight is 256 g/mol. The Kier molecular flexibility index (Phi) is 2.15. The summed E-state index contributed by atoms with van der Waals surface area (Å²) in [4.78, 5) is 11.9. The minimum Gasteiger partial charge on any atom is -0.382 e. The fourth-order valence-electron chi connectivity index (χ4n) is 2.13. The SMILES string of the molecule is O=C1Nc2cc(C(F)(F)F)ccc2NCC12CC2. The third kappa shape index (κ3) is 1.72. The number of carbonyl (C=O) groups is 1. The van der Waals surface area contributed by atoms with Gasteiger partial charge in [0.1, 0.15) is 0 Å². The summed E-state index contributed by atoms with van der Waals surface area (Å²) in [6.07, 6.45) is -2.83. The van der Waals surface area contributed by atoms with Gasteiger partial charge in [-0.1, -0.05) is 0 Å². The topological polar surface area (TPSA) is 41.1 Å². The van der Waals surface area contributed by atoms with Crippen molar-refractivity contribution in [3.63, 3.8) is 0 Å². The van der Waals surface area contributed by atoms with Crippen LogP contribution in [0.3, 0.4) is 0 Å². The minimum absolute atomic E-state index is 0.187. The molecule has 96 valence electrons. The van der Waals surface area contributed by atoms with Crippen LogP contribution in [0.15, 0.2) is 18.2 Å². The highest BCUT2D eigenvalue weighted by Crippen LogP contribution is 2.49. The molecule has 1 aliphatic heterocycles. The molecule has 1 aromatic rings. The summed E-state index contributed by atoms with van der Waals surface area (Å²) in [5, 5.41) is 5.62. The van der Waals surface area contributed by atoms with Crippen LogP contribution >= 0.6 is 0 Å². The van der Waals surface area contributed by atoms with Crippen molar-refractivity contribution in [1.82, 2.24) is 0 Å². The summed E-state index contributed by atoms with van der Waals surface area (Å²) in [7, 11) is 0. The normalized spacial score (nSPS) is 20.7. The van der Waals surface area contributed by atoms with Crippen LogP contribution in [0.2, 0.25) is 0 Å². The minimum atomic E-state index is -4.40. The Morgan fingerprint density at radius 2 is 1.89 bits per heavy atom. The Bertz CT molecular complexity index is 521. The maximum atomic E-state index is 12.6. The first-order chi connectivity index (χ1) is 8.41. The number of amides is 1. The number of rotatable bonds is 0. The van der Waals surface area contributed by atoms with E-state index in [9.17, 15) is 18.0 Å². The molecule has 1 fully saturated rings. The number of nitrogens with one attached hydrogen (secondary N) is 2. The molecule has 1 aliphatic carbocycles. The summed E-state index contributed by atoms with van der Waals surface area (Å²) in [6.45, 7) is 0.483. The molecule has 0 saturated heterocycles. The summed E-state index contributed by atoms with van der Waals surface area (Å²) in [5.41, 5.74) is -0.425. The second-order valence-corrected chi connectivity index (χ2v) is 4.85. The zero-order valence-corrected chi connectivity index (χ0v) is 9.40. The lowest BCUT2D eigenvalue weighted by atomic mass is 10.1. The highest BCUT2D eigenvalue weighted by molar-refractivity contribution is 6.01. The third-order valence-electron chi connectivity index (χ3n) is 3.55. The lowest BCUT2D eigenvalue weighted by Crippen LogP contribution is -2.27. The predicted octanol–water partition coefficient (Wildman–Crippen LogP) is 2.85. The number of alkyl halides is 3. The summed E-state index contributed by atoms with van der Waals surface area (Å²) < 4.78 is 37.8. The van der Waals surface area contributed by atoms with Crippen LogP contribution in [0.1, 0.15) is 18.4 Å². The molecule has 0 unspecified atom stereocenters. The summed E-state index contributed by atoms with van der Waals surface area (Å²) >= 11 is 0. The fraction of sp³-hybridized carbons (Fsp3) is 0.417. The maximum absolute atomic E-state index is 12.6. The number of carbonyl (C=O) groups excluding carboxylic acids is 1. The monoisotopic (exact) mass is 256 g/mol. The molecule has 6 heteroatoms. The van der Waals surface area contributed by atoms with Gasteiger partial charge >= 0.3 is 6.18 Å². The van der Waals surface area contributed by atoms with Gasteiger partial charge in [-0.25, -0.2) is 0 Å². The van der Waals surface area contributed by atoms with E-state index in [4.69, 9.17) is 0 Å². The summed E-state index contributed by atoms with van der Waals surface area (Å²) in [6, 6.07) is 3.35. The molecule has 3 rings (SSSR count). The maximum Gasteiger partial charge on any atom is 0.416 e. The van der Waals surface area contributed by atoms with E-state index >= 15 is 0 Å². The van der Waals surface area contributed by atoms with Gasteiger partial charge < -0.3 is 10.6 Å². The fourth-order valence-corrected chi connectivity index (χ4v) is 2.13. The summed E-state index contributed by atoms with van der Waals surface area (Å²) in [5.74, 6) is -0.187. The molecule has 1 amide bonds. The number of fused-ring (bicyclic) bond motifs is 1. The van der Waals surface area contributed by atoms with Crippen LogP contribution in [0.25, 0.3) is 0 Å². The zero-order valence-electron chi connectivity index (χ0n) is 9.40. The van der Waals surface area contributed by atoms with Crippen LogP contribution < -0.4 is 10.6 Å². The van der Waals surface area contributed by atoms with E-state index in [1.54, 1.807) is 0 Å². The van der Waals surface area contributed by atoms with Gasteiger partial charge in [-0.2, -0.15) is 13.2 Å². The average Bonchev–Trinajstić information content (AvgIpc) is 3.07. The highest BCUT2D eigenvalue weighted by Gasteiger charge is 2.50. The van der Waals surface area contributed by atoms with Crippen molar-refractivity contribution in [2.45, 2.75) is 19.0 Å². The molecule has 1 saturated carbocycles. The number of anilines is 2. The molecular formula is C12H11F3N2O. The third-order valence-corrected chi connectivity index (χ3v) is 3.55. The van der Waals surface area contributed by atoms with Gasteiger partial charge in [0.15, 0.2) is 0 Å². The van der Waals surface area contributed by atoms with Crippen molar-refractivity contribution in [2.24, 2.45) is 5.41 Å². The van der Waals surface area contributed by atoms with Gasteiger partial charge in [-0.05, 0) is 31.0 Å². The molecule has 0 atom stereocenters. The van der Waals surface area contributed by atoms with Crippen LogP contribution in [-0.2, 0) is 11.0 Å². The van der Waals surface area contributed by atoms with Gasteiger partial charge in [0.25, 0.3) is 0 Å². The molecule has 18 heavy (non-hydrogen) atoms. The molecule has 0 bridgehead atoms. The van der Waals surface area contributed by atoms with Gasteiger partial charge in [-0.3, -0.25) is 4.79 Å². The second kappa shape index (κ2) is 3.40. The lowest BCUT2D eigenvalue weighted by Gasteiger charge is -2.11. The number of benzene rings is 1. The Morgan fingerprint density at radius 3 is 2.50 bits per heavy atom. The standard InChI is InChI=1S/C12H11F3N2O/c13-12(14,15)7-1-2-8-9(5-7)17-10(18)11(3-4-11)6-16-8/h1-2,5,16H,3-4,6H2,(H,17,18). The number of halogens is 3. The van der Waals surface area contributed by atoms with E-state index in [1.807, 2.05) is 0 Å². The van der Waals surface area contributed by atoms with E-state index in [2.05, 4.69) is 10.6 Å². The Labute approximate surface area is 101 Å². The predicted molar refractivity (Wildman–Crippen MR) is 60.2 cm³/mol. The van der Waals surface area contributed by atoms with E-state index in [0.717, 1.165) is 25.0 Å². The van der Waals surface area contributed by atoms with Crippen molar-refractivity contribution >= 4 is 17.3 Å². The molecule has 3 nitrogen and oxygen atoms in total. The Morgan fingerprint density at radius 1 is 1.17 bits per heavy atom. The Hall–Kier alpha value is -1.72. The first kappa shape index (κ1) is 11.4. The first-order valence-corrected chi connectivity index (χ1v) is 5.67. The highest BCUT2D eigenvalue weighted by atomic mass is 19.4. The number of hydrogen-bond donors (Lipinski definition) is 2. The van der Waals surface area contributed by atoms with Gasteiger partial charge in [0.05, 0.1) is 22.4 Å². The molecule has 2 aliphatic rings. The van der Waals surface area contributed by atoms with E-state index < -0.39 is 17.2 Å². The van der Waals surface area contributed by atoms with Crippen molar-refractivity contribution in [1.29, 1.82) is 0 Å². The second-order valence-electron chi connectivity index (χ2n) is 4.85. The molecule has 1 heterocycles. The first-order valence-electron chi connectivity index (χ1n) is 5.67. The Balaban J connectivity index is 1.98. The van der Waals surface area contributed by atoms with Crippen molar-refractivity contribution in [3.8, 4) is 0 Å². The van der Waals surface area contributed by atoms with E-state index in [-0.39, 0.29) is 11.6 Å². The number of hydrogen-bond acceptors (Lipinski definition) is 2. The van der Waals surface area contributed by atoms with E-state index in [0.29, 0.717) is 12.2 Å². The quantitative estimate of drug-likeness (QED) is 0.749. The largest absolute Gasteiger partial charge is 0.416 e. The molecule has 1 aromatic carbocycles. The van der Waals surface area contributed by atoms with Crippen molar-refractivity contribution < 1.29 is 18.0 Å². The molecule has 0 aromatic heterocycles. The van der Waals surface area contributed by atoms with Gasteiger partial charge in [0.2, 0.25) is 5.91 Å². The van der Waals surface area contributed by atoms with Gasteiger partial charge in [0, 0.05) is 6.54 Å². The molecule has 1 spiro atoms. The zero-order chi connectivity index (χ0) is 13.0. The van der Waals surface area contributed by atoms with Crippen LogP contribution in [0.5, 0.6) is 0 Å². The van der Waals surface area contributed by atoms with E-state index in [1.165, 1.54) is 6.07 Å². The molecular weight excluding hydrogens is 245 g/mol. The lowest BCUT2D eigenvalue weighted by molar-refractivity contribution is -0.137. The van der Waals surface area contributed by atoms with Crippen LogP contribution in [0.4, 0.5) is 24.5 Å². The van der Waals surface area contributed by atoms with Crippen molar-refractivity contribution in [2.75, 3.05) is 17.2 Å². The van der Waals surface area contributed by atoms with Crippen LogP contribution in [0, 0.1) is 5.41 Å². The molecule has 0 radical (unpaired) electrons.